The minimum absolute atomic E-state index is 0.168. The average molecular weight is 286 g/mol. The lowest BCUT2D eigenvalue weighted by Crippen LogP contribution is -2.30. The molecule has 5 heteroatoms. The van der Waals surface area contributed by atoms with E-state index in [0.717, 1.165) is 19.6 Å². The maximum Gasteiger partial charge on any atom is 0.231 e. The molecule has 21 heavy (non-hydrogen) atoms. The molecule has 1 aliphatic heterocycles. The first-order valence-electron chi connectivity index (χ1n) is 7.56. The van der Waals surface area contributed by atoms with Crippen molar-refractivity contribution in [2.24, 2.45) is 5.73 Å². The van der Waals surface area contributed by atoms with Crippen molar-refractivity contribution < 1.29 is 4.52 Å². The average Bonchev–Trinajstić information content (AvgIpc) is 3.13. The van der Waals surface area contributed by atoms with E-state index in [4.69, 9.17) is 10.3 Å². The molecule has 1 unspecified atom stereocenters. The number of nitrogens with zero attached hydrogens (tertiary/aromatic N) is 3. The Kier molecular flexibility index (Phi) is 4.31. The number of aryl methyl sites for hydroxylation is 1. The summed E-state index contributed by atoms with van der Waals surface area (Å²) in [7, 11) is 0. The van der Waals surface area contributed by atoms with Crippen LogP contribution in [0.1, 0.15) is 41.7 Å². The molecule has 1 saturated heterocycles. The summed E-state index contributed by atoms with van der Waals surface area (Å²) in [5.74, 6) is 1.25. The zero-order valence-electron chi connectivity index (χ0n) is 12.5. The van der Waals surface area contributed by atoms with E-state index in [2.05, 4.69) is 46.2 Å². The quantitative estimate of drug-likeness (QED) is 0.911. The summed E-state index contributed by atoms with van der Waals surface area (Å²) in [5.41, 5.74) is 8.59. The van der Waals surface area contributed by atoms with E-state index in [-0.39, 0.29) is 6.04 Å². The highest BCUT2D eigenvalue weighted by atomic mass is 16.5. The Balaban J connectivity index is 1.61. The predicted molar refractivity (Wildman–Crippen MR) is 80.9 cm³/mol. The molecule has 5 nitrogen and oxygen atoms in total. The molecule has 1 aromatic heterocycles. The van der Waals surface area contributed by atoms with E-state index < -0.39 is 0 Å². The van der Waals surface area contributed by atoms with Crippen LogP contribution in [0.25, 0.3) is 0 Å². The molecule has 0 bridgehead atoms. The Morgan fingerprint density at radius 1 is 1.24 bits per heavy atom. The highest BCUT2D eigenvalue weighted by molar-refractivity contribution is 5.23. The molecule has 0 amide bonds. The van der Waals surface area contributed by atoms with E-state index >= 15 is 0 Å². The molecule has 1 fully saturated rings. The molecule has 3 rings (SSSR count). The third kappa shape index (κ3) is 3.68. The van der Waals surface area contributed by atoms with Crippen molar-refractivity contribution in [2.75, 3.05) is 19.6 Å². The Labute approximate surface area is 125 Å². The topological polar surface area (TPSA) is 68.2 Å². The first kappa shape index (κ1) is 14.2. The zero-order chi connectivity index (χ0) is 14.7. The van der Waals surface area contributed by atoms with E-state index in [1.165, 1.54) is 24.0 Å². The summed E-state index contributed by atoms with van der Waals surface area (Å²) in [6.07, 6.45) is 3.18. The number of nitrogens with two attached hydrogens (primary N) is 1. The molecule has 2 N–H and O–H groups in total. The van der Waals surface area contributed by atoms with E-state index in [9.17, 15) is 0 Å². The summed E-state index contributed by atoms with van der Waals surface area (Å²) >= 11 is 0. The molecule has 0 spiro atoms. The molecule has 0 aliphatic carbocycles. The normalized spacial score (nSPS) is 17.2. The summed E-state index contributed by atoms with van der Waals surface area (Å²) < 4.78 is 5.32. The van der Waals surface area contributed by atoms with Gasteiger partial charge < -0.3 is 15.2 Å². The number of aromatic nitrogens is 2. The maximum atomic E-state index is 6.17. The van der Waals surface area contributed by atoms with Gasteiger partial charge in [0.05, 0.1) is 12.5 Å². The van der Waals surface area contributed by atoms with Crippen LogP contribution in [0.15, 0.2) is 28.8 Å². The summed E-state index contributed by atoms with van der Waals surface area (Å²) in [4.78, 5) is 6.80. The van der Waals surface area contributed by atoms with Gasteiger partial charge in [-0.25, -0.2) is 0 Å². The molecule has 0 radical (unpaired) electrons. The van der Waals surface area contributed by atoms with Gasteiger partial charge >= 0.3 is 0 Å². The zero-order valence-corrected chi connectivity index (χ0v) is 12.5. The van der Waals surface area contributed by atoms with Crippen LogP contribution in [-0.4, -0.2) is 34.7 Å². The Morgan fingerprint density at radius 3 is 2.67 bits per heavy atom. The van der Waals surface area contributed by atoms with Crippen LogP contribution in [-0.2, 0) is 6.42 Å². The number of hydrogen-bond donors (Lipinski definition) is 1. The number of rotatable bonds is 5. The van der Waals surface area contributed by atoms with Gasteiger partial charge in [0.2, 0.25) is 5.89 Å². The highest BCUT2D eigenvalue weighted by Crippen LogP contribution is 2.15. The monoisotopic (exact) mass is 286 g/mol. The molecule has 1 aromatic carbocycles. The van der Waals surface area contributed by atoms with Crippen molar-refractivity contribution in [3.05, 3.63) is 47.1 Å². The lowest BCUT2D eigenvalue weighted by atomic mass is 10.1. The van der Waals surface area contributed by atoms with Crippen LogP contribution in [0.3, 0.4) is 0 Å². The molecule has 0 saturated carbocycles. The standard InChI is InChI=1S/C16H22N4O/c1-12-4-6-13(7-5-12)10-15-18-16(19-21-15)14(17)11-20-8-2-3-9-20/h4-7,14H,2-3,8-11,17H2,1H3. The highest BCUT2D eigenvalue weighted by Gasteiger charge is 2.20. The van der Waals surface area contributed by atoms with Crippen LogP contribution >= 0.6 is 0 Å². The Bertz CT molecular complexity index is 572. The first-order valence-corrected chi connectivity index (χ1v) is 7.56. The van der Waals surface area contributed by atoms with Gasteiger partial charge in [-0.3, -0.25) is 0 Å². The Hall–Kier alpha value is -1.72. The van der Waals surface area contributed by atoms with Crippen molar-refractivity contribution in [3.8, 4) is 0 Å². The van der Waals surface area contributed by atoms with E-state index in [0.29, 0.717) is 18.1 Å². The molecule has 1 aliphatic rings. The molecule has 2 aromatic rings. The molecule has 1 atom stereocenters. The molecular weight excluding hydrogens is 264 g/mol. The largest absolute Gasteiger partial charge is 0.339 e. The van der Waals surface area contributed by atoms with E-state index in [1.54, 1.807) is 0 Å². The molecule has 112 valence electrons. The van der Waals surface area contributed by atoms with Gasteiger partial charge in [0.15, 0.2) is 5.82 Å². The number of likely N-dealkylation sites (tertiary alicyclic amines) is 1. The second-order valence-corrected chi connectivity index (χ2v) is 5.82. The number of benzene rings is 1. The fraction of sp³-hybridized carbons (Fsp3) is 0.500. The lowest BCUT2D eigenvalue weighted by Gasteiger charge is -2.17. The number of hydrogen-bond acceptors (Lipinski definition) is 5. The van der Waals surface area contributed by atoms with Gasteiger partial charge in [-0.05, 0) is 38.4 Å². The first-order chi connectivity index (χ1) is 10.2. The third-order valence-corrected chi connectivity index (χ3v) is 3.94. The van der Waals surface area contributed by atoms with Gasteiger partial charge in [0.25, 0.3) is 0 Å². The van der Waals surface area contributed by atoms with Crippen LogP contribution < -0.4 is 5.73 Å². The fourth-order valence-electron chi connectivity index (χ4n) is 2.70. The van der Waals surface area contributed by atoms with Crippen molar-refractivity contribution in [2.45, 2.75) is 32.2 Å². The minimum Gasteiger partial charge on any atom is -0.339 e. The molecular formula is C16H22N4O. The van der Waals surface area contributed by atoms with Crippen molar-refractivity contribution >= 4 is 0 Å². The van der Waals surface area contributed by atoms with Gasteiger partial charge in [-0.2, -0.15) is 4.98 Å². The third-order valence-electron chi connectivity index (χ3n) is 3.94. The van der Waals surface area contributed by atoms with Gasteiger partial charge in [-0.15, -0.1) is 0 Å². The van der Waals surface area contributed by atoms with Gasteiger partial charge in [0, 0.05) is 6.54 Å². The van der Waals surface area contributed by atoms with Crippen molar-refractivity contribution in [1.29, 1.82) is 0 Å². The predicted octanol–water partition coefficient (Wildman–Crippen LogP) is 2.06. The summed E-state index contributed by atoms with van der Waals surface area (Å²) in [5, 5.41) is 4.03. The SMILES string of the molecule is Cc1ccc(Cc2nc(C(N)CN3CCCC3)no2)cc1. The second kappa shape index (κ2) is 6.37. The van der Waals surface area contributed by atoms with Crippen LogP contribution in [0.4, 0.5) is 0 Å². The smallest absolute Gasteiger partial charge is 0.231 e. The summed E-state index contributed by atoms with van der Waals surface area (Å²) in [6.45, 7) is 5.14. The van der Waals surface area contributed by atoms with Gasteiger partial charge in [0.1, 0.15) is 0 Å². The lowest BCUT2D eigenvalue weighted by molar-refractivity contribution is 0.305. The summed E-state index contributed by atoms with van der Waals surface area (Å²) in [6, 6.07) is 8.18. The Morgan fingerprint density at radius 2 is 1.95 bits per heavy atom. The maximum absolute atomic E-state index is 6.17. The van der Waals surface area contributed by atoms with Crippen LogP contribution in [0.2, 0.25) is 0 Å². The fourth-order valence-corrected chi connectivity index (χ4v) is 2.70. The second-order valence-electron chi connectivity index (χ2n) is 5.82. The minimum atomic E-state index is -0.168. The van der Waals surface area contributed by atoms with Crippen molar-refractivity contribution in [1.82, 2.24) is 15.0 Å². The van der Waals surface area contributed by atoms with Crippen molar-refractivity contribution in [3.63, 3.8) is 0 Å². The van der Waals surface area contributed by atoms with Crippen LogP contribution in [0, 0.1) is 6.92 Å². The molecule has 2 heterocycles. The van der Waals surface area contributed by atoms with Crippen LogP contribution in [0.5, 0.6) is 0 Å². The van der Waals surface area contributed by atoms with Gasteiger partial charge in [-0.1, -0.05) is 35.0 Å². The van der Waals surface area contributed by atoms with E-state index in [1.807, 2.05) is 0 Å².